The van der Waals surface area contributed by atoms with Gasteiger partial charge >= 0.3 is 0 Å². The molecule has 0 aliphatic heterocycles. The van der Waals surface area contributed by atoms with Crippen LogP contribution in [0.4, 0.5) is 0 Å². The van der Waals surface area contributed by atoms with E-state index in [-0.39, 0.29) is 5.60 Å². The highest BCUT2D eigenvalue weighted by Gasteiger charge is 2.41. The van der Waals surface area contributed by atoms with E-state index in [4.69, 9.17) is 0 Å². The van der Waals surface area contributed by atoms with Gasteiger partial charge in [0.05, 0.1) is 5.60 Å². The van der Waals surface area contributed by atoms with Crippen LogP contribution < -0.4 is 0 Å². The predicted molar refractivity (Wildman–Crippen MR) is 72.9 cm³/mol. The van der Waals surface area contributed by atoms with Crippen molar-refractivity contribution in [3.8, 4) is 0 Å². The summed E-state index contributed by atoms with van der Waals surface area (Å²) >= 11 is 0. The molecule has 0 aromatic rings. The Hall–Kier alpha value is -0.0400. The molecule has 17 heavy (non-hydrogen) atoms. The zero-order valence-corrected chi connectivity index (χ0v) is 11.8. The van der Waals surface area contributed by atoms with E-state index >= 15 is 0 Å². The van der Waals surface area contributed by atoms with E-state index in [1.54, 1.807) is 0 Å². The van der Waals surface area contributed by atoms with Crippen LogP contribution in [0.1, 0.15) is 78.1 Å². The molecule has 0 aromatic carbocycles. The minimum atomic E-state index is -0.293. The van der Waals surface area contributed by atoms with Crippen molar-refractivity contribution in [3.63, 3.8) is 0 Å². The van der Waals surface area contributed by atoms with Crippen molar-refractivity contribution >= 4 is 0 Å². The van der Waals surface area contributed by atoms with Crippen LogP contribution in [0.15, 0.2) is 0 Å². The summed E-state index contributed by atoms with van der Waals surface area (Å²) in [5.74, 6) is 2.35. The largest absolute Gasteiger partial charge is 0.390 e. The van der Waals surface area contributed by atoms with Gasteiger partial charge in [0.2, 0.25) is 0 Å². The van der Waals surface area contributed by atoms with Crippen molar-refractivity contribution in [2.45, 2.75) is 83.7 Å². The lowest BCUT2D eigenvalue weighted by atomic mass is 9.65. The molecule has 0 amide bonds. The number of hydrogen-bond acceptors (Lipinski definition) is 1. The van der Waals surface area contributed by atoms with Crippen molar-refractivity contribution in [1.29, 1.82) is 0 Å². The minimum absolute atomic E-state index is 0.293. The molecular formula is C16H30O. The van der Waals surface area contributed by atoms with Crippen LogP contribution in [0.2, 0.25) is 0 Å². The Labute approximate surface area is 107 Å². The van der Waals surface area contributed by atoms with Gasteiger partial charge in [-0.05, 0) is 56.3 Å². The van der Waals surface area contributed by atoms with Gasteiger partial charge in [-0.15, -0.1) is 0 Å². The fourth-order valence-corrected chi connectivity index (χ4v) is 4.20. The monoisotopic (exact) mass is 238 g/mol. The van der Waals surface area contributed by atoms with Crippen molar-refractivity contribution in [3.05, 3.63) is 0 Å². The van der Waals surface area contributed by atoms with Crippen LogP contribution in [0.5, 0.6) is 0 Å². The lowest BCUT2D eigenvalue weighted by Crippen LogP contribution is -2.43. The Kier molecular flexibility index (Phi) is 4.52. The second-order valence-electron chi connectivity index (χ2n) is 6.80. The van der Waals surface area contributed by atoms with Gasteiger partial charge in [0, 0.05) is 0 Å². The molecule has 1 nitrogen and oxygen atoms in total. The molecule has 2 aliphatic rings. The second kappa shape index (κ2) is 5.73. The quantitative estimate of drug-likeness (QED) is 0.765. The van der Waals surface area contributed by atoms with E-state index in [0.29, 0.717) is 5.92 Å². The minimum Gasteiger partial charge on any atom is -0.390 e. The molecule has 100 valence electrons. The predicted octanol–water partition coefficient (Wildman–Crippen LogP) is 4.53. The molecule has 1 N–H and O–H groups in total. The van der Waals surface area contributed by atoms with Crippen LogP contribution in [-0.2, 0) is 0 Å². The molecule has 1 heteroatoms. The van der Waals surface area contributed by atoms with Crippen LogP contribution in [-0.4, -0.2) is 10.7 Å². The Morgan fingerprint density at radius 3 is 2.41 bits per heavy atom. The first-order valence-corrected chi connectivity index (χ1v) is 7.86. The Morgan fingerprint density at radius 2 is 1.82 bits per heavy atom. The van der Waals surface area contributed by atoms with Crippen molar-refractivity contribution in [1.82, 2.24) is 0 Å². The highest BCUT2D eigenvalue weighted by molar-refractivity contribution is 4.93. The second-order valence-corrected chi connectivity index (χ2v) is 6.80. The molecule has 2 fully saturated rings. The molecule has 0 bridgehead atoms. The first-order valence-electron chi connectivity index (χ1n) is 7.86. The van der Waals surface area contributed by atoms with Gasteiger partial charge in [0.15, 0.2) is 0 Å². The standard InChI is InChI=1S/C16H30O/c1-3-5-14-8-10-16(17,11-9-14)15-7-4-6-13(2)12-15/h13-15,17H,3-12H2,1-2H3. The maximum Gasteiger partial charge on any atom is 0.0676 e. The molecule has 0 aromatic heterocycles. The van der Waals surface area contributed by atoms with Crippen molar-refractivity contribution in [2.24, 2.45) is 17.8 Å². The van der Waals surface area contributed by atoms with Crippen LogP contribution in [0, 0.1) is 17.8 Å². The third kappa shape index (κ3) is 3.24. The van der Waals surface area contributed by atoms with Crippen LogP contribution in [0.25, 0.3) is 0 Å². The summed E-state index contributed by atoms with van der Waals surface area (Å²) in [6.45, 7) is 4.64. The molecule has 0 heterocycles. The maximum absolute atomic E-state index is 10.9. The fourth-order valence-electron chi connectivity index (χ4n) is 4.20. The summed E-state index contributed by atoms with van der Waals surface area (Å²) in [5, 5.41) is 10.9. The number of rotatable bonds is 3. The van der Waals surface area contributed by atoms with Crippen molar-refractivity contribution in [2.75, 3.05) is 0 Å². The van der Waals surface area contributed by atoms with E-state index < -0.39 is 0 Å². The Bertz CT molecular complexity index is 228. The molecular weight excluding hydrogens is 208 g/mol. The highest BCUT2D eigenvalue weighted by Crippen LogP contribution is 2.45. The summed E-state index contributed by atoms with van der Waals surface area (Å²) in [6, 6.07) is 0. The lowest BCUT2D eigenvalue weighted by Gasteiger charge is -2.44. The van der Waals surface area contributed by atoms with Crippen molar-refractivity contribution < 1.29 is 5.11 Å². The summed E-state index contributed by atoms with van der Waals surface area (Å²) in [6.07, 6.45) is 12.7. The SMILES string of the molecule is CCCC1CCC(O)(C2CCCC(C)C2)CC1. The first-order chi connectivity index (χ1) is 8.14. The van der Waals surface area contributed by atoms with Gasteiger partial charge in [-0.25, -0.2) is 0 Å². The normalized spacial score (nSPS) is 43.6. The zero-order chi connectivity index (χ0) is 12.3. The van der Waals surface area contributed by atoms with Gasteiger partial charge in [0.25, 0.3) is 0 Å². The van der Waals surface area contributed by atoms with Gasteiger partial charge in [0.1, 0.15) is 0 Å². The van der Waals surface area contributed by atoms with Crippen LogP contribution >= 0.6 is 0 Å². The number of aliphatic hydroxyl groups is 1. The van der Waals surface area contributed by atoms with Gasteiger partial charge < -0.3 is 5.11 Å². The summed E-state index contributed by atoms with van der Waals surface area (Å²) in [5.41, 5.74) is -0.293. The number of hydrogen-bond donors (Lipinski definition) is 1. The van der Waals surface area contributed by atoms with E-state index in [0.717, 1.165) is 24.7 Å². The van der Waals surface area contributed by atoms with Gasteiger partial charge in [-0.3, -0.25) is 0 Å². The van der Waals surface area contributed by atoms with Crippen LogP contribution in [0.3, 0.4) is 0 Å². The molecule has 0 saturated heterocycles. The summed E-state index contributed by atoms with van der Waals surface area (Å²) in [7, 11) is 0. The molecule has 2 saturated carbocycles. The lowest BCUT2D eigenvalue weighted by molar-refractivity contribution is -0.0764. The highest BCUT2D eigenvalue weighted by atomic mass is 16.3. The molecule has 0 spiro atoms. The van der Waals surface area contributed by atoms with E-state index in [1.165, 1.54) is 51.4 Å². The summed E-state index contributed by atoms with van der Waals surface area (Å²) < 4.78 is 0. The van der Waals surface area contributed by atoms with E-state index in [9.17, 15) is 5.11 Å². The topological polar surface area (TPSA) is 20.2 Å². The van der Waals surface area contributed by atoms with Gasteiger partial charge in [-0.1, -0.05) is 39.5 Å². The molecule has 2 rings (SSSR count). The Morgan fingerprint density at radius 1 is 1.12 bits per heavy atom. The zero-order valence-electron chi connectivity index (χ0n) is 11.8. The molecule has 0 radical (unpaired) electrons. The maximum atomic E-state index is 10.9. The summed E-state index contributed by atoms with van der Waals surface area (Å²) in [4.78, 5) is 0. The first kappa shape index (κ1) is 13.4. The van der Waals surface area contributed by atoms with E-state index in [1.807, 2.05) is 0 Å². The fraction of sp³-hybridized carbons (Fsp3) is 1.00. The third-order valence-electron chi connectivity index (χ3n) is 5.36. The Balaban J connectivity index is 1.87. The average molecular weight is 238 g/mol. The third-order valence-corrected chi connectivity index (χ3v) is 5.36. The van der Waals surface area contributed by atoms with E-state index in [2.05, 4.69) is 13.8 Å². The smallest absolute Gasteiger partial charge is 0.0676 e. The molecule has 2 aliphatic carbocycles. The van der Waals surface area contributed by atoms with Gasteiger partial charge in [-0.2, -0.15) is 0 Å². The molecule has 2 unspecified atom stereocenters. The average Bonchev–Trinajstić information content (AvgIpc) is 2.33. The molecule has 2 atom stereocenters.